The Morgan fingerprint density at radius 2 is 1.63 bits per heavy atom. The van der Waals surface area contributed by atoms with Crippen molar-refractivity contribution in [1.29, 1.82) is 0 Å². The van der Waals surface area contributed by atoms with Crippen LogP contribution in [0.2, 0.25) is 10.0 Å². The van der Waals surface area contributed by atoms with Crippen LogP contribution in [0.1, 0.15) is 11.1 Å². The Bertz CT molecular complexity index is 1230. The monoisotopic (exact) mass is 461 g/mol. The Kier molecular flexibility index (Phi) is 5.34. The van der Waals surface area contributed by atoms with Crippen molar-refractivity contribution < 1.29 is 13.5 Å². The maximum Gasteiger partial charge on any atom is 0.238 e. The van der Waals surface area contributed by atoms with Crippen molar-refractivity contribution in [3.8, 4) is 0 Å². The molecule has 0 radical (unpaired) electrons. The van der Waals surface area contributed by atoms with Gasteiger partial charge < -0.3 is 10.0 Å². The lowest BCUT2D eigenvalue weighted by molar-refractivity contribution is 0.0648. The van der Waals surface area contributed by atoms with E-state index in [1.54, 1.807) is 48.5 Å². The van der Waals surface area contributed by atoms with E-state index in [2.05, 4.69) is 4.99 Å². The van der Waals surface area contributed by atoms with Crippen LogP contribution in [0.5, 0.6) is 0 Å². The van der Waals surface area contributed by atoms with Gasteiger partial charge in [-0.15, -0.1) is 0 Å². The summed E-state index contributed by atoms with van der Waals surface area (Å²) in [6.45, 7) is 0.140. The summed E-state index contributed by atoms with van der Waals surface area (Å²) in [7, 11) is -3.82. The van der Waals surface area contributed by atoms with Gasteiger partial charge in [0.15, 0.2) is 0 Å². The molecule has 6 nitrogen and oxygen atoms in total. The maximum absolute atomic E-state index is 11.6. The number of amidine groups is 1. The second-order valence-electron chi connectivity index (χ2n) is 6.89. The number of sulfonamides is 1. The summed E-state index contributed by atoms with van der Waals surface area (Å²) in [6.07, 6.45) is 0. The van der Waals surface area contributed by atoms with E-state index < -0.39 is 15.7 Å². The highest BCUT2D eigenvalue weighted by Gasteiger charge is 2.40. The van der Waals surface area contributed by atoms with E-state index in [4.69, 9.17) is 28.3 Å². The molecule has 0 aromatic heterocycles. The third kappa shape index (κ3) is 4.08. The van der Waals surface area contributed by atoms with Gasteiger partial charge in [-0.2, -0.15) is 0 Å². The summed E-state index contributed by atoms with van der Waals surface area (Å²) < 4.78 is 23.2. The summed E-state index contributed by atoms with van der Waals surface area (Å²) in [5.41, 5.74) is 0.394. The number of nitrogens with zero attached hydrogens (tertiary/aromatic N) is 2. The van der Waals surface area contributed by atoms with Crippen LogP contribution in [0.3, 0.4) is 0 Å². The van der Waals surface area contributed by atoms with Gasteiger partial charge in [0.25, 0.3) is 0 Å². The first-order valence-corrected chi connectivity index (χ1v) is 11.2. The number of β-amino-alcohol motifs (C(OH)–C–C–N with tert-alkyl or cyclic N) is 1. The molecule has 3 N–H and O–H groups in total. The fourth-order valence-corrected chi connectivity index (χ4v) is 4.14. The Morgan fingerprint density at radius 1 is 0.967 bits per heavy atom. The summed E-state index contributed by atoms with van der Waals surface area (Å²) in [5.74, 6) is 0.473. The van der Waals surface area contributed by atoms with Crippen molar-refractivity contribution in [1.82, 2.24) is 0 Å². The second-order valence-corrected chi connectivity index (χ2v) is 9.33. The predicted octanol–water partition coefficient (Wildman–Crippen LogP) is 3.75. The molecule has 1 atom stereocenters. The van der Waals surface area contributed by atoms with Crippen molar-refractivity contribution in [3.05, 3.63) is 94.0 Å². The quantitative estimate of drug-likeness (QED) is 0.617. The van der Waals surface area contributed by atoms with Crippen molar-refractivity contribution in [2.75, 3.05) is 11.4 Å². The first kappa shape index (κ1) is 20.8. The first-order valence-electron chi connectivity index (χ1n) is 8.90. The van der Waals surface area contributed by atoms with Crippen LogP contribution in [0.4, 0.5) is 5.69 Å². The lowest BCUT2D eigenvalue weighted by atomic mass is 10.0. The lowest BCUT2D eigenvalue weighted by Crippen LogP contribution is -2.34. The van der Waals surface area contributed by atoms with Gasteiger partial charge in [0, 0.05) is 26.9 Å². The van der Waals surface area contributed by atoms with Crippen molar-refractivity contribution in [3.63, 3.8) is 0 Å². The molecule has 3 aromatic rings. The minimum Gasteiger partial charge on any atom is -0.364 e. The highest BCUT2D eigenvalue weighted by molar-refractivity contribution is 7.89. The predicted molar refractivity (Wildman–Crippen MR) is 118 cm³/mol. The smallest absolute Gasteiger partial charge is 0.238 e. The van der Waals surface area contributed by atoms with Gasteiger partial charge in [-0.05, 0) is 60.7 Å². The Morgan fingerprint density at radius 3 is 2.23 bits per heavy atom. The van der Waals surface area contributed by atoms with Gasteiger partial charge in [0.1, 0.15) is 5.84 Å². The molecular weight excluding hydrogens is 445 g/mol. The van der Waals surface area contributed by atoms with Crippen molar-refractivity contribution in [2.24, 2.45) is 10.1 Å². The number of aliphatic imine (C=N–C) groups is 1. The molecule has 0 bridgehead atoms. The molecule has 1 unspecified atom stereocenters. The van der Waals surface area contributed by atoms with E-state index in [1.807, 2.05) is 17.0 Å². The summed E-state index contributed by atoms with van der Waals surface area (Å²) >= 11 is 12.1. The molecule has 0 amide bonds. The number of benzene rings is 3. The normalized spacial score (nSPS) is 19.1. The molecule has 154 valence electrons. The zero-order chi connectivity index (χ0) is 21.5. The van der Waals surface area contributed by atoms with Crippen LogP contribution in [-0.4, -0.2) is 25.9 Å². The van der Waals surface area contributed by atoms with E-state index in [9.17, 15) is 13.5 Å². The van der Waals surface area contributed by atoms with Gasteiger partial charge >= 0.3 is 0 Å². The average Bonchev–Trinajstić information content (AvgIpc) is 3.07. The maximum atomic E-state index is 11.6. The van der Waals surface area contributed by atoms with Crippen LogP contribution in [-0.2, 0) is 15.7 Å². The summed E-state index contributed by atoms with van der Waals surface area (Å²) in [6, 6.07) is 20.0. The topological polar surface area (TPSA) is 96.0 Å². The molecule has 0 fully saturated rings. The van der Waals surface area contributed by atoms with E-state index in [0.717, 1.165) is 5.69 Å². The number of anilines is 1. The van der Waals surface area contributed by atoms with Crippen LogP contribution < -0.4 is 10.0 Å². The van der Waals surface area contributed by atoms with Crippen LogP contribution >= 0.6 is 23.2 Å². The van der Waals surface area contributed by atoms with Gasteiger partial charge in [0.2, 0.25) is 15.7 Å². The van der Waals surface area contributed by atoms with Gasteiger partial charge in [-0.25, -0.2) is 18.5 Å². The number of aliphatic hydroxyl groups is 1. The third-order valence-electron chi connectivity index (χ3n) is 4.79. The zero-order valence-electron chi connectivity index (χ0n) is 15.5. The number of halogens is 2. The van der Waals surface area contributed by atoms with Crippen LogP contribution in [0, 0.1) is 0 Å². The molecule has 9 heteroatoms. The van der Waals surface area contributed by atoms with E-state index in [-0.39, 0.29) is 11.4 Å². The summed E-state index contributed by atoms with van der Waals surface area (Å²) in [5, 5.41) is 17.6. The third-order valence-corrected chi connectivity index (χ3v) is 6.21. The molecule has 1 heterocycles. The summed E-state index contributed by atoms with van der Waals surface area (Å²) in [4.78, 5) is 6.43. The highest BCUT2D eigenvalue weighted by Crippen LogP contribution is 2.35. The largest absolute Gasteiger partial charge is 0.364 e. The Hall–Kier alpha value is -2.42. The Labute approximate surface area is 184 Å². The molecule has 3 aromatic carbocycles. The van der Waals surface area contributed by atoms with Gasteiger partial charge in [-0.3, -0.25) is 0 Å². The fraction of sp³-hybridized carbons (Fsp3) is 0.0952. The number of hydrogen-bond donors (Lipinski definition) is 2. The minimum atomic E-state index is -3.82. The molecular formula is C21H17Cl2N3O3S. The zero-order valence-corrected chi connectivity index (χ0v) is 17.9. The van der Waals surface area contributed by atoms with E-state index in [1.165, 1.54) is 12.1 Å². The van der Waals surface area contributed by atoms with Crippen molar-refractivity contribution >= 4 is 44.7 Å². The molecule has 0 spiro atoms. The number of hydrogen-bond acceptors (Lipinski definition) is 5. The lowest BCUT2D eigenvalue weighted by Gasteiger charge is -2.24. The van der Waals surface area contributed by atoms with Gasteiger partial charge in [-0.1, -0.05) is 35.3 Å². The van der Waals surface area contributed by atoms with Gasteiger partial charge in [0.05, 0.1) is 11.4 Å². The van der Waals surface area contributed by atoms with E-state index in [0.29, 0.717) is 27.0 Å². The number of rotatable bonds is 4. The molecule has 0 aliphatic carbocycles. The first-order chi connectivity index (χ1) is 14.2. The Balaban J connectivity index is 1.82. The molecule has 0 saturated heterocycles. The number of nitrogens with two attached hydrogens (primary N) is 1. The van der Waals surface area contributed by atoms with E-state index >= 15 is 0 Å². The average molecular weight is 462 g/mol. The fourth-order valence-electron chi connectivity index (χ4n) is 3.31. The minimum absolute atomic E-state index is 0.00649. The molecule has 4 rings (SSSR count). The SMILES string of the molecule is NS(=O)(=O)c1ccc(C2=NC(O)(c3cccc(Cl)c3)CN2c2ccc(Cl)cc2)cc1. The molecule has 30 heavy (non-hydrogen) atoms. The molecule has 1 aliphatic rings. The highest BCUT2D eigenvalue weighted by atomic mass is 35.5. The molecule has 0 saturated carbocycles. The standard InChI is InChI=1S/C21H17Cl2N3O3S/c22-16-6-8-18(9-7-16)26-13-21(27,15-2-1-3-17(23)12-15)25-20(26)14-4-10-19(11-5-14)30(24,28)29/h1-12,27H,13H2,(H2,24,28,29). The van der Waals surface area contributed by atoms with Crippen molar-refractivity contribution in [2.45, 2.75) is 10.6 Å². The molecule has 1 aliphatic heterocycles. The van der Waals surface area contributed by atoms with Crippen LogP contribution in [0.25, 0.3) is 0 Å². The van der Waals surface area contributed by atoms with Crippen LogP contribution in [0.15, 0.2) is 82.7 Å². The second kappa shape index (κ2) is 7.68. The number of primary sulfonamides is 1.